The lowest BCUT2D eigenvalue weighted by molar-refractivity contribution is 0.103. The Labute approximate surface area is 132 Å². The maximum Gasteiger partial charge on any atom is 0.265 e. The van der Waals surface area contributed by atoms with E-state index in [1.807, 2.05) is 57.2 Å². The van der Waals surface area contributed by atoms with Crippen molar-refractivity contribution in [3.63, 3.8) is 0 Å². The second kappa shape index (κ2) is 5.77. The number of rotatable bonds is 3. The predicted octanol–water partition coefficient (Wildman–Crippen LogP) is 4.58. The molecule has 3 aromatic rings. The van der Waals surface area contributed by atoms with E-state index in [2.05, 4.69) is 10.5 Å². The average Bonchev–Trinajstić information content (AvgIpc) is 3.08. The number of anilines is 1. The number of thiophene rings is 1. The quantitative estimate of drug-likeness (QED) is 0.770. The average molecular weight is 312 g/mol. The van der Waals surface area contributed by atoms with E-state index < -0.39 is 0 Å². The first kappa shape index (κ1) is 14.5. The van der Waals surface area contributed by atoms with Gasteiger partial charge >= 0.3 is 0 Å². The van der Waals surface area contributed by atoms with Crippen molar-refractivity contribution in [2.24, 2.45) is 0 Å². The van der Waals surface area contributed by atoms with Gasteiger partial charge in [0.25, 0.3) is 5.91 Å². The molecule has 0 saturated carbocycles. The number of amides is 1. The van der Waals surface area contributed by atoms with Gasteiger partial charge in [0.05, 0.1) is 16.1 Å². The van der Waals surface area contributed by atoms with E-state index in [4.69, 9.17) is 4.52 Å². The molecule has 22 heavy (non-hydrogen) atoms. The third-order valence-corrected chi connectivity index (χ3v) is 4.52. The minimum absolute atomic E-state index is 0.105. The number of hydrogen-bond donors (Lipinski definition) is 1. The lowest BCUT2D eigenvalue weighted by atomic mass is 10.2. The largest absolute Gasteiger partial charge is 0.361 e. The van der Waals surface area contributed by atoms with Gasteiger partial charge in [-0.1, -0.05) is 22.9 Å². The van der Waals surface area contributed by atoms with Gasteiger partial charge in [-0.25, -0.2) is 0 Å². The molecule has 0 bridgehead atoms. The molecule has 0 saturated heterocycles. The van der Waals surface area contributed by atoms with Gasteiger partial charge in [0.15, 0.2) is 0 Å². The van der Waals surface area contributed by atoms with E-state index in [-0.39, 0.29) is 5.91 Å². The van der Waals surface area contributed by atoms with Gasteiger partial charge in [0, 0.05) is 10.6 Å². The predicted molar refractivity (Wildman–Crippen MR) is 88.4 cm³/mol. The third kappa shape index (κ3) is 2.80. The zero-order valence-corrected chi connectivity index (χ0v) is 13.5. The normalized spacial score (nSPS) is 10.7. The van der Waals surface area contributed by atoms with Crippen LogP contribution in [-0.4, -0.2) is 11.1 Å². The molecular weight excluding hydrogens is 296 g/mol. The lowest BCUT2D eigenvalue weighted by Crippen LogP contribution is -2.09. The van der Waals surface area contributed by atoms with E-state index in [1.165, 1.54) is 11.3 Å². The first-order valence-corrected chi connectivity index (χ1v) is 7.77. The third-order valence-electron chi connectivity index (χ3n) is 3.42. The molecule has 3 rings (SSSR count). The van der Waals surface area contributed by atoms with E-state index >= 15 is 0 Å². The first-order chi connectivity index (χ1) is 10.5. The van der Waals surface area contributed by atoms with Gasteiger partial charge < -0.3 is 9.84 Å². The maximum atomic E-state index is 12.3. The van der Waals surface area contributed by atoms with Crippen molar-refractivity contribution in [1.29, 1.82) is 0 Å². The van der Waals surface area contributed by atoms with Crippen molar-refractivity contribution >= 4 is 22.9 Å². The van der Waals surface area contributed by atoms with Crippen molar-refractivity contribution in [2.75, 3.05) is 5.32 Å². The summed E-state index contributed by atoms with van der Waals surface area (Å²) in [7, 11) is 0. The van der Waals surface area contributed by atoms with Crippen LogP contribution < -0.4 is 5.32 Å². The van der Waals surface area contributed by atoms with Crippen molar-refractivity contribution in [3.8, 4) is 10.4 Å². The molecule has 0 aliphatic carbocycles. The topological polar surface area (TPSA) is 55.1 Å². The van der Waals surface area contributed by atoms with Gasteiger partial charge in [0.2, 0.25) is 0 Å². The highest BCUT2D eigenvalue weighted by atomic mass is 32.1. The van der Waals surface area contributed by atoms with Gasteiger partial charge in [0.1, 0.15) is 5.76 Å². The smallest absolute Gasteiger partial charge is 0.265 e. The number of carbonyl (C=O) groups is 1. The van der Waals surface area contributed by atoms with Crippen LogP contribution in [0.3, 0.4) is 0 Å². The molecule has 1 aromatic carbocycles. The zero-order chi connectivity index (χ0) is 15.7. The number of hydrogen-bond acceptors (Lipinski definition) is 4. The first-order valence-electron chi connectivity index (χ1n) is 6.95. The van der Waals surface area contributed by atoms with E-state index in [9.17, 15) is 4.79 Å². The molecule has 2 heterocycles. The standard InChI is InChI=1S/C17H16N2O2S/c1-10-4-6-13(7-5-10)18-17(20)15-9-8-14(22-15)16-11(2)19-21-12(16)3/h4-9H,1-3H3,(H,18,20). The minimum atomic E-state index is -0.105. The van der Waals surface area contributed by atoms with Crippen LogP contribution in [0.15, 0.2) is 40.9 Å². The number of nitrogens with zero attached hydrogens (tertiary/aromatic N) is 1. The van der Waals surface area contributed by atoms with Gasteiger partial charge in [-0.3, -0.25) is 4.79 Å². The van der Waals surface area contributed by atoms with E-state index in [0.29, 0.717) is 4.88 Å². The molecule has 112 valence electrons. The fourth-order valence-corrected chi connectivity index (χ4v) is 3.30. The monoisotopic (exact) mass is 312 g/mol. The molecular formula is C17H16N2O2S. The molecule has 2 aromatic heterocycles. The Morgan fingerprint density at radius 2 is 1.82 bits per heavy atom. The molecule has 0 atom stereocenters. The Bertz CT molecular complexity index is 796. The number of aromatic nitrogens is 1. The highest BCUT2D eigenvalue weighted by molar-refractivity contribution is 7.17. The zero-order valence-electron chi connectivity index (χ0n) is 12.6. The molecule has 0 aliphatic rings. The molecule has 1 N–H and O–H groups in total. The SMILES string of the molecule is Cc1ccc(NC(=O)c2ccc(-c3c(C)noc3C)s2)cc1. The summed E-state index contributed by atoms with van der Waals surface area (Å²) in [6.07, 6.45) is 0. The number of carbonyl (C=O) groups excluding carboxylic acids is 1. The Kier molecular flexibility index (Phi) is 3.81. The summed E-state index contributed by atoms with van der Waals surface area (Å²) in [5.41, 5.74) is 3.77. The summed E-state index contributed by atoms with van der Waals surface area (Å²) in [4.78, 5) is 14.0. The van der Waals surface area contributed by atoms with Gasteiger partial charge in [-0.2, -0.15) is 0 Å². The summed E-state index contributed by atoms with van der Waals surface area (Å²) < 4.78 is 5.18. The molecule has 0 fully saturated rings. The van der Waals surface area contributed by atoms with Crippen LogP contribution >= 0.6 is 11.3 Å². The van der Waals surface area contributed by atoms with Crippen LogP contribution in [0.5, 0.6) is 0 Å². The lowest BCUT2D eigenvalue weighted by Gasteiger charge is -2.03. The molecule has 0 unspecified atom stereocenters. The maximum absolute atomic E-state index is 12.3. The Morgan fingerprint density at radius 1 is 1.09 bits per heavy atom. The Morgan fingerprint density at radius 3 is 2.45 bits per heavy atom. The molecule has 1 amide bonds. The van der Waals surface area contributed by atoms with Crippen LogP contribution in [0.2, 0.25) is 0 Å². The summed E-state index contributed by atoms with van der Waals surface area (Å²) >= 11 is 1.44. The number of aryl methyl sites for hydroxylation is 3. The fourth-order valence-electron chi connectivity index (χ4n) is 2.26. The summed E-state index contributed by atoms with van der Waals surface area (Å²) in [5.74, 6) is 0.664. The van der Waals surface area contributed by atoms with Crippen LogP contribution in [0, 0.1) is 20.8 Å². The van der Waals surface area contributed by atoms with Crippen molar-refractivity contribution in [1.82, 2.24) is 5.16 Å². The highest BCUT2D eigenvalue weighted by Crippen LogP contribution is 2.33. The molecule has 4 nitrogen and oxygen atoms in total. The van der Waals surface area contributed by atoms with Crippen molar-refractivity contribution in [2.45, 2.75) is 20.8 Å². The molecule has 0 aliphatic heterocycles. The molecule has 0 radical (unpaired) electrons. The molecule has 5 heteroatoms. The molecule has 0 spiro atoms. The Hall–Kier alpha value is -2.40. The fraction of sp³-hybridized carbons (Fsp3) is 0.176. The highest BCUT2D eigenvalue weighted by Gasteiger charge is 2.16. The van der Waals surface area contributed by atoms with E-state index in [1.54, 1.807) is 0 Å². The van der Waals surface area contributed by atoms with Crippen LogP contribution in [0.4, 0.5) is 5.69 Å². The summed E-state index contributed by atoms with van der Waals surface area (Å²) in [6.45, 7) is 5.79. The minimum Gasteiger partial charge on any atom is -0.361 e. The number of nitrogens with one attached hydrogen (secondary N) is 1. The van der Waals surface area contributed by atoms with Gasteiger partial charge in [-0.05, 0) is 45.0 Å². The summed E-state index contributed by atoms with van der Waals surface area (Å²) in [6, 6.07) is 11.5. The second-order valence-corrected chi connectivity index (χ2v) is 6.27. The second-order valence-electron chi connectivity index (χ2n) is 5.18. The number of benzene rings is 1. The van der Waals surface area contributed by atoms with Crippen LogP contribution in [0.1, 0.15) is 26.7 Å². The van der Waals surface area contributed by atoms with Crippen molar-refractivity contribution < 1.29 is 9.32 Å². The Balaban J connectivity index is 1.81. The van der Waals surface area contributed by atoms with Crippen molar-refractivity contribution in [3.05, 3.63) is 58.3 Å². The summed E-state index contributed by atoms with van der Waals surface area (Å²) in [5, 5.41) is 6.86. The van der Waals surface area contributed by atoms with Gasteiger partial charge in [-0.15, -0.1) is 11.3 Å². The van der Waals surface area contributed by atoms with E-state index in [0.717, 1.165) is 33.1 Å². The van der Waals surface area contributed by atoms with Crippen LogP contribution in [-0.2, 0) is 0 Å². The van der Waals surface area contributed by atoms with Crippen LogP contribution in [0.25, 0.3) is 10.4 Å².